The van der Waals surface area contributed by atoms with Crippen LogP contribution in [0.2, 0.25) is 0 Å². The summed E-state index contributed by atoms with van der Waals surface area (Å²) in [5.41, 5.74) is 4.38. The number of primary amides is 1. The highest BCUT2D eigenvalue weighted by Crippen LogP contribution is 2.27. The molecule has 0 aromatic heterocycles. The molecule has 4 nitrogen and oxygen atoms in total. The van der Waals surface area contributed by atoms with Crippen LogP contribution < -0.4 is 11.1 Å². The van der Waals surface area contributed by atoms with Gasteiger partial charge in [0, 0.05) is 12.1 Å². The van der Waals surface area contributed by atoms with Crippen LogP contribution in [-0.4, -0.2) is 17.9 Å². The van der Waals surface area contributed by atoms with Crippen molar-refractivity contribution in [2.24, 2.45) is 11.7 Å². The summed E-state index contributed by atoms with van der Waals surface area (Å²) >= 11 is 0. The van der Waals surface area contributed by atoms with Gasteiger partial charge in [-0.3, -0.25) is 9.59 Å². The molecule has 1 saturated carbocycles. The summed E-state index contributed by atoms with van der Waals surface area (Å²) in [5.74, 6) is -5.76. The third kappa shape index (κ3) is 3.58. The van der Waals surface area contributed by atoms with Gasteiger partial charge in [-0.15, -0.1) is 0 Å². The molecule has 0 saturated heterocycles. The minimum Gasteiger partial charge on any atom is -0.368 e. The van der Waals surface area contributed by atoms with Crippen molar-refractivity contribution in [3.8, 4) is 0 Å². The number of nitrogens with one attached hydrogen (secondary N) is 1. The van der Waals surface area contributed by atoms with Crippen LogP contribution in [0.15, 0.2) is 12.1 Å². The average molecular weight is 314 g/mol. The molecule has 1 aliphatic carbocycles. The molecule has 7 heteroatoms. The molecule has 3 N–H and O–H groups in total. The quantitative estimate of drug-likeness (QED) is 0.895. The minimum absolute atomic E-state index is 0.151. The van der Waals surface area contributed by atoms with Crippen molar-refractivity contribution in [2.75, 3.05) is 0 Å². The first-order chi connectivity index (χ1) is 10.4. The van der Waals surface area contributed by atoms with Gasteiger partial charge in [0.05, 0.1) is 0 Å². The van der Waals surface area contributed by atoms with Crippen LogP contribution in [0.3, 0.4) is 0 Å². The van der Waals surface area contributed by atoms with Gasteiger partial charge in [0.15, 0.2) is 0 Å². The van der Waals surface area contributed by atoms with Crippen LogP contribution in [0.25, 0.3) is 0 Å². The van der Waals surface area contributed by atoms with Crippen LogP contribution in [0.1, 0.15) is 42.5 Å². The summed E-state index contributed by atoms with van der Waals surface area (Å²) in [7, 11) is 0. The second-order valence-corrected chi connectivity index (χ2v) is 5.50. The molecule has 1 atom stereocenters. The van der Waals surface area contributed by atoms with Crippen molar-refractivity contribution in [3.05, 3.63) is 35.1 Å². The van der Waals surface area contributed by atoms with E-state index in [1.807, 2.05) is 0 Å². The smallest absolute Gasteiger partial charge is 0.257 e. The Kier molecular flexibility index (Phi) is 5.05. The Labute approximate surface area is 125 Å². The van der Waals surface area contributed by atoms with Gasteiger partial charge < -0.3 is 11.1 Å². The zero-order valence-corrected chi connectivity index (χ0v) is 11.9. The normalized spacial score (nSPS) is 17.0. The number of hydrogen-bond acceptors (Lipinski definition) is 2. The zero-order valence-electron chi connectivity index (χ0n) is 11.9. The second-order valence-electron chi connectivity index (χ2n) is 5.50. The molecule has 120 valence electrons. The molecule has 1 fully saturated rings. The van der Waals surface area contributed by atoms with E-state index >= 15 is 0 Å². The van der Waals surface area contributed by atoms with Crippen molar-refractivity contribution in [1.29, 1.82) is 0 Å². The highest BCUT2D eigenvalue weighted by atomic mass is 19.1. The Bertz CT molecular complexity index is 563. The third-order valence-corrected chi connectivity index (χ3v) is 3.95. The van der Waals surface area contributed by atoms with Crippen LogP contribution in [0, 0.1) is 23.4 Å². The lowest BCUT2D eigenvalue weighted by Crippen LogP contribution is -2.50. The van der Waals surface area contributed by atoms with E-state index in [0.717, 1.165) is 19.3 Å². The fraction of sp³-hybridized carbons (Fsp3) is 0.467. The lowest BCUT2D eigenvalue weighted by atomic mass is 9.83. The molecule has 1 aromatic carbocycles. The van der Waals surface area contributed by atoms with Gasteiger partial charge in [-0.05, 0) is 18.8 Å². The van der Waals surface area contributed by atoms with E-state index in [-0.39, 0.29) is 5.92 Å². The molecule has 0 bridgehead atoms. The Morgan fingerprint density at radius 1 is 1.09 bits per heavy atom. The van der Waals surface area contributed by atoms with Gasteiger partial charge in [-0.25, -0.2) is 13.2 Å². The van der Waals surface area contributed by atoms with E-state index in [0.29, 0.717) is 25.0 Å². The average Bonchev–Trinajstić information content (AvgIpc) is 2.44. The molecule has 0 spiro atoms. The van der Waals surface area contributed by atoms with Crippen molar-refractivity contribution in [1.82, 2.24) is 5.32 Å². The van der Waals surface area contributed by atoms with E-state index in [4.69, 9.17) is 5.73 Å². The Morgan fingerprint density at radius 2 is 1.64 bits per heavy atom. The summed E-state index contributed by atoms with van der Waals surface area (Å²) in [6, 6.07) is -0.160. The van der Waals surface area contributed by atoms with Crippen LogP contribution >= 0.6 is 0 Å². The Balaban J connectivity index is 2.20. The maximum absolute atomic E-state index is 13.6. The highest BCUT2D eigenvalue weighted by Gasteiger charge is 2.31. The number of amides is 2. The number of benzene rings is 1. The molecule has 2 rings (SSSR count). The van der Waals surface area contributed by atoms with Crippen LogP contribution in [-0.2, 0) is 4.79 Å². The lowest BCUT2D eigenvalue weighted by molar-refractivity contribution is -0.121. The number of halogens is 3. The third-order valence-electron chi connectivity index (χ3n) is 3.95. The summed E-state index contributed by atoms with van der Waals surface area (Å²) < 4.78 is 40.1. The molecule has 22 heavy (non-hydrogen) atoms. The first-order valence-corrected chi connectivity index (χ1v) is 7.15. The topological polar surface area (TPSA) is 72.2 Å². The van der Waals surface area contributed by atoms with Gasteiger partial charge in [-0.1, -0.05) is 19.3 Å². The predicted molar refractivity (Wildman–Crippen MR) is 73.3 cm³/mol. The molecule has 1 aliphatic rings. The van der Waals surface area contributed by atoms with E-state index in [9.17, 15) is 22.8 Å². The van der Waals surface area contributed by atoms with Crippen LogP contribution in [0.5, 0.6) is 0 Å². The van der Waals surface area contributed by atoms with Gasteiger partial charge >= 0.3 is 0 Å². The van der Waals surface area contributed by atoms with Crippen molar-refractivity contribution >= 4 is 11.8 Å². The molecule has 1 aromatic rings. The molecule has 0 radical (unpaired) electrons. The predicted octanol–water partition coefficient (Wildman–Crippen LogP) is 2.27. The Hall–Kier alpha value is -2.05. The molecular formula is C15H17F3N2O2. The van der Waals surface area contributed by atoms with Gasteiger partial charge in [-0.2, -0.15) is 0 Å². The summed E-state index contributed by atoms with van der Waals surface area (Å²) in [4.78, 5) is 23.6. The fourth-order valence-electron chi connectivity index (χ4n) is 2.86. The van der Waals surface area contributed by atoms with Gasteiger partial charge in [0.1, 0.15) is 29.1 Å². The van der Waals surface area contributed by atoms with Crippen LogP contribution in [0.4, 0.5) is 13.2 Å². The number of rotatable bonds is 4. The fourth-order valence-corrected chi connectivity index (χ4v) is 2.86. The number of nitrogens with two attached hydrogens (primary N) is 1. The lowest BCUT2D eigenvalue weighted by Gasteiger charge is -2.28. The first-order valence-electron chi connectivity index (χ1n) is 7.15. The van der Waals surface area contributed by atoms with E-state index < -0.39 is 40.9 Å². The van der Waals surface area contributed by atoms with Crippen molar-refractivity contribution in [3.63, 3.8) is 0 Å². The van der Waals surface area contributed by atoms with E-state index in [1.54, 1.807) is 0 Å². The van der Waals surface area contributed by atoms with Gasteiger partial charge in [0.25, 0.3) is 5.91 Å². The maximum Gasteiger partial charge on any atom is 0.257 e. The summed E-state index contributed by atoms with van der Waals surface area (Å²) in [6.07, 6.45) is 4.27. The van der Waals surface area contributed by atoms with E-state index in [1.165, 1.54) is 0 Å². The monoisotopic (exact) mass is 314 g/mol. The molecule has 2 amide bonds. The molecule has 0 heterocycles. The second kappa shape index (κ2) is 6.81. The summed E-state index contributed by atoms with van der Waals surface area (Å²) in [6.45, 7) is 0. The molecule has 0 unspecified atom stereocenters. The maximum atomic E-state index is 13.6. The highest BCUT2D eigenvalue weighted by molar-refractivity contribution is 5.97. The zero-order chi connectivity index (χ0) is 16.3. The van der Waals surface area contributed by atoms with Crippen molar-refractivity contribution in [2.45, 2.75) is 38.1 Å². The number of carbonyl (C=O) groups is 2. The Morgan fingerprint density at radius 3 is 2.14 bits per heavy atom. The largest absolute Gasteiger partial charge is 0.368 e. The number of carbonyl (C=O) groups excluding carboxylic acids is 2. The molecule has 0 aliphatic heterocycles. The minimum atomic E-state index is -1.32. The number of hydrogen-bond donors (Lipinski definition) is 2. The standard InChI is InChI=1S/C15H17F3N2O2/c16-9-6-10(17)12(11(18)7-9)15(22)20-13(14(19)21)8-4-2-1-3-5-8/h6-8,13H,1-5H2,(H2,19,21)(H,20,22)/t13-/m1/s1. The summed E-state index contributed by atoms with van der Waals surface area (Å²) in [5, 5.41) is 2.29. The van der Waals surface area contributed by atoms with E-state index in [2.05, 4.69) is 5.32 Å². The van der Waals surface area contributed by atoms with Crippen molar-refractivity contribution < 1.29 is 22.8 Å². The SMILES string of the molecule is NC(=O)[C@H](NC(=O)c1c(F)cc(F)cc1F)C1CCCCC1. The molecular weight excluding hydrogens is 297 g/mol. The first kappa shape index (κ1) is 16.3. The van der Waals surface area contributed by atoms with Gasteiger partial charge in [0.2, 0.25) is 5.91 Å².